The summed E-state index contributed by atoms with van der Waals surface area (Å²) in [5, 5.41) is 9.50. The average Bonchev–Trinajstić information content (AvgIpc) is 2.27. The molecule has 0 saturated carbocycles. The summed E-state index contributed by atoms with van der Waals surface area (Å²) in [5.74, 6) is -1.35. The summed E-state index contributed by atoms with van der Waals surface area (Å²) in [6.07, 6.45) is 0.345. The Morgan fingerprint density at radius 3 is 2.38 bits per heavy atom. The highest BCUT2D eigenvalue weighted by Crippen LogP contribution is 2.22. The number of ether oxygens (including phenoxy) is 1. The van der Waals surface area contributed by atoms with Crippen molar-refractivity contribution in [1.82, 2.24) is 0 Å². The predicted octanol–water partition coefficient (Wildman–Crippen LogP) is 0.547. The van der Waals surface area contributed by atoms with Crippen LogP contribution < -0.4 is 0 Å². The fourth-order valence-electron chi connectivity index (χ4n) is 1.28. The Bertz CT molecular complexity index is 277. The quantitative estimate of drug-likeness (QED) is 0.513. The summed E-state index contributed by atoms with van der Waals surface area (Å²) in [4.78, 5) is 21.9. The number of esters is 2. The van der Waals surface area contributed by atoms with Gasteiger partial charge in [0.1, 0.15) is 0 Å². The maximum absolute atomic E-state index is 11.1. The highest BCUT2D eigenvalue weighted by molar-refractivity contribution is 6.12. The van der Waals surface area contributed by atoms with Crippen LogP contribution in [-0.2, 0) is 14.3 Å². The lowest BCUT2D eigenvalue weighted by Crippen LogP contribution is -2.16. The minimum Gasteiger partial charge on any atom is -0.388 e. The third kappa shape index (κ3) is 1.78. The number of cyclic esters (lactones) is 2. The van der Waals surface area contributed by atoms with Gasteiger partial charge in [0, 0.05) is 5.57 Å². The number of rotatable bonds is 3. The van der Waals surface area contributed by atoms with Gasteiger partial charge >= 0.3 is 11.9 Å². The molecule has 1 atom stereocenters. The zero-order valence-corrected chi connectivity index (χ0v) is 7.66. The van der Waals surface area contributed by atoms with Crippen molar-refractivity contribution >= 4 is 11.9 Å². The molecule has 0 spiro atoms. The van der Waals surface area contributed by atoms with Gasteiger partial charge in [0.05, 0.1) is 11.7 Å². The lowest BCUT2D eigenvalue weighted by molar-refractivity contribution is -0.151. The summed E-state index contributed by atoms with van der Waals surface area (Å²) < 4.78 is 4.34. The van der Waals surface area contributed by atoms with Crippen LogP contribution in [0, 0.1) is 0 Å². The average molecular weight is 184 g/mol. The van der Waals surface area contributed by atoms with Crippen LogP contribution in [-0.4, -0.2) is 23.1 Å². The molecule has 1 unspecified atom stereocenters. The molecule has 4 nitrogen and oxygen atoms in total. The molecular weight excluding hydrogens is 172 g/mol. The van der Waals surface area contributed by atoms with Crippen LogP contribution in [0.15, 0.2) is 11.1 Å². The molecule has 0 fully saturated rings. The summed E-state index contributed by atoms with van der Waals surface area (Å²) in [6, 6.07) is 0. The summed E-state index contributed by atoms with van der Waals surface area (Å²) >= 11 is 0. The van der Waals surface area contributed by atoms with Crippen molar-refractivity contribution in [3.05, 3.63) is 11.1 Å². The van der Waals surface area contributed by atoms with Crippen LogP contribution in [0.2, 0.25) is 0 Å². The standard InChI is InChI=1S/C9H12O4/c1-3-4-6(10)7-5(2)8(11)13-9(7)12/h6,10H,3-4H2,1-2H3. The second kappa shape index (κ2) is 3.70. The van der Waals surface area contributed by atoms with E-state index in [1.165, 1.54) is 6.92 Å². The molecule has 1 heterocycles. The van der Waals surface area contributed by atoms with Crippen molar-refractivity contribution in [2.45, 2.75) is 32.8 Å². The fourth-order valence-corrected chi connectivity index (χ4v) is 1.28. The van der Waals surface area contributed by atoms with Crippen molar-refractivity contribution in [2.24, 2.45) is 0 Å². The molecule has 1 rings (SSSR count). The van der Waals surface area contributed by atoms with E-state index < -0.39 is 18.0 Å². The molecule has 1 N–H and O–H groups in total. The second-order valence-electron chi connectivity index (χ2n) is 3.02. The largest absolute Gasteiger partial charge is 0.388 e. The van der Waals surface area contributed by atoms with Crippen LogP contribution in [0.1, 0.15) is 26.7 Å². The van der Waals surface area contributed by atoms with E-state index in [1.807, 2.05) is 6.92 Å². The van der Waals surface area contributed by atoms with E-state index in [9.17, 15) is 14.7 Å². The number of hydrogen-bond donors (Lipinski definition) is 1. The van der Waals surface area contributed by atoms with Gasteiger partial charge in [-0.1, -0.05) is 13.3 Å². The Hall–Kier alpha value is -1.16. The Kier molecular flexibility index (Phi) is 2.83. The van der Waals surface area contributed by atoms with Gasteiger partial charge < -0.3 is 9.84 Å². The first kappa shape index (κ1) is 9.92. The van der Waals surface area contributed by atoms with E-state index in [0.717, 1.165) is 6.42 Å². The molecule has 0 aromatic heterocycles. The van der Waals surface area contributed by atoms with Gasteiger partial charge in [0.25, 0.3) is 0 Å². The highest BCUT2D eigenvalue weighted by atomic mass is 16.6. The molecule has 0 bridgehead atoms. The maximum Gasteiger partial charge on any atom is 0.345 e. The lowest BCUT2D eigenvalue weighted by Gasteiger charge is -2.07. The van der Waals surface area contributed by atoms with E-state index >= 15 is 0 Å². The zero-order chi connectivity index (χ0) is 10.0. The first-order valence-electron chi connectivity index (χ1n) is 4.23. The molecule has 4 heteroatoms. The van der Waals surface area contributed by atoms with Crippen molar-refractivity contribution in [1.29, 1.82) is 0 Å². The summed E-state index contributed by atoms with van der Waals surface area (Å²) in [5.41, 5.74) is 0.345. The number of carbonyl (C=O) groups excluding carboxylic acids is 2. The zero-order valence-electron chi connectivity index (χ0n) is 7.66. The third-order valence-electron chi connectivity index (χ3n) is 2.01. The summed E-state index contributed by atoms with van der Waals surface area (Å²) in [7, 11) is 0. The molecule has 0 aliphatic carbocycles. The number of carbonyl (C=O) groups is 2. The fraction of sp³-hybridized carbons (Fsp3) is 0.556. The van der Waals surface area contributed by atoms with Gasteiger partial charge in [-0.25, -0.2) is 9.59 Å². The van der Waals surface area contributed by atoms with Crippen molar-refractivity contribution < 1.29 is 19.4 Å². The third-order valence-corrected chi connectivity index (χ3v) is 2.01. The van der Waals surface area contributed by atoms with Crippen molar-refractivity contribution in [3.8, 4) is 0 Å². The minimum absolute atomic E-state index is 0.117. The van der Waals surface area contributed by atoms with Gasteiger partial charge in [-0.2, -0.15) is 0 Å². The van der Waals surface area contributed by atoms with Crippen LogP contribution in [0.25, 0.3) is 0 Å². The molecule has 1 aliphatic rings. The maximum atomic E-state index is 11.1. The van der Waals surface area contributed by atoms with E-state index in [0.29, 0.717) is 6.42 Å². The topological polar surface area (TPSA) is 63.6 Å². The molecule has 0 amide bonds. The van der Waals surface area contributed by atoms with Crippen molar-refractivity contribution in [3.63, 3.8) is 0 Å². The lowest BCUT2D eigenvalue weighted by atomic mass is 10.0. The molecule has 1 aliphatic heterocycles. The van der Waals surface area contributed by atoms with Gasteiger partial charge in [-0.15, -0.1) is 0 Å². The van der Waals surface area contributed by atoms with Crippen LogP contribution in [0.3, 0.4) is 0 Å². The Labute approximate surface area is 76.2 Å². The SMILES string of the molecule is CCCC(O)C1=C(C)C(=O)OC1=O. The first-order chi connectivity index (χ1) is 6.07. The van der Waals surface area contributed by atoms with E-state index in [-0.39, 0.29) is 11.1 Å². The highest BCUT2D eigenvalue weighted by Gasteiger charge is 2.33. The predicted molar refractivity (Wildman–Crippen MR) is 44.7 cm³/mol. The van der Waals surface area contributed by atoms with Gasteiger partial charge in [-0.3, -0.25) is 0 Å². The number of hydrogen-bond acceptors (Lipinski definition) is 4. The van der Waals surface area contributed by atoms with E-state index in [2.05, 4.69) is 4.74 Å². The summed E-state index contributed by atoms with van der Waals surface area (Å²) in [6.45, 7) is 3.38. The van der Waals surface area contributed by atoms with E-state index in [1.54, 1.807) is 0 Å². The normalized spacial score (nSPS) is 19.3. The Morgan fingerprint density at radius 2 is 2.00 bits per heavy atom. The monoisotopic (exact) mass is 184 g/mol. The smallest absolute Gasteiger partial charge is 0.345 e. The van der Waals surface area contributed by atoms with E-state index in [4.69, 9.17) is 0 Å². The van der Waals surface area contributed by atoms with Gasteiger partial charge in [0.2, 0.25) is 0 Å². The van der Waals surface area contributed by atoms with Crippen LogP contribution in [0.5, 0.6) is 0 Å². The van der Waals surface area contributed by atoms with Crippen LogP contribution in [0.4, 0.5) is 0 Å². The minimum atomic E-state index is -0.871. The first-order valence-corrected chi connectivity index (χ1v) is 4.23. The Balaban J connectivity index is 2.88. The number of aliphatic hydroxyl groups excluding tert-OH is 1. The van der Waals surface area contributed by atoms with Crippen LogP contribution >= 0.6 is 0 Å². The van der Waals surface area contributed by atoms with Gasteiger partial charge in [-0.05, 0) is 13.3 Å². The molecule has 0 aromatic carbocycles. The molecule has 0 radical (unpaired) electrons. The van der Waals surface area contributed by atoms with Crippen molar-refractivity contribution in [2.75, 3.05) is 0 Å². The molecular formula is C9H12O4. The molecule has 13 heavy (non-hydrogen) atoms. The number of aliphatic hydroxyl groups is 1. The Morgan fingerprint density at radius 1 is 1.38 bits per heavy atom. The second-order valence-corrected chi connectivity index (χ2v) is 3.02. The molecule has 0 aromatic rings. The molecule has 0 saturated heterocycles. The molecule has 72 valence electrons. The van der Waals surface area contributed by atoms with Gasteiger partial charge in [0.15, 0.2) is 0 Å².